The van der Waals surface area contributed by atoms with E-state index in [-0.39, 0.29) is 17.2 Å². The maximum absolute atomic E-state index is 12.8. The smallest absolute Gasteiger partial charge is 0.223 e. The van der Waals surface area contributed by atoms with Gasteiger partial charge >= 0.3 is 0 Å². The Kier molecular flexibility index (Phi) is 5.22. The number of piperidine rings is 1. The Morgan fingerprint density at radius 1 is 1.04 bits per heavy atom. The first-order valence-corrected chi connectivity index (χ1v) is 10.4. The topological polar surface area (TPSA) is 49.9 Å². The molecular weight excluding hydrogens is 340 g/mol. The number of benzene rings is 1. The first kappa shape index (κ1) is 18.5. The van der Waals surface area contributed by atoms with Crippen LogP contribution in [0.15, 0.2) is 24.3 Å². The molecule has 2 aliphatic heterocycles. The van der Waals surface area contributed by atoms with Crippen molar-refractivity contribution in [1.29, 1.82) is 0 Å². The third-order valence-electron chi connectivity index (χ3n) is 6.77. The summed E-state index contributed by atoms with van der Waals surface area (Å²) in [5.74, 6) is 0.814. The summed E-state index contributed by atoms with van der Waals surface area (Å²) in [6.07, 6.45) is 4.24. The lowest BCUT2D eigenvalue weighted by Crippen LogP contribution is -2.44. The minimum Gasteiger partial charge on any atom is -0.378 e. The van der Waals surface area contributed by atoms with E-state index in [1.165, 1.54) is 11.1 Å². The Bertz CT molecular complexity index is 703. The number of morpholine rings is 1. The third kappa shape index (κ3) is 3.49. The van der Waals surface area contributed by atoms with Crippen LogP contribution in [0.4, 0.5) is 0 Å². The fraction of sp³-hybridized carbons (Fsp3) is 0.636. The van der Waals surface area contributed by atoms with Crippen LogP contribution in [0.25, 0.3) is 0 Å². The lowest BCUT2D eigenvalue weighted by molar-refractivity contribution is -0.135. The molecule has 5 nitrogen and oxygen atoms in total. The first-order chi connectivity index (χ1) is 13.1. The predicted molar refractivity (Wildman–Crippen MR) is 104 cm³/mol. The van der Waals surface area contributed by atoms with E-state index in [4.69, 9.17) is 4.74 Å². The zero-order valence-corrected chi connectivity index (χ0v) is 16.3. The van der Waals surface area contributed by atoms with Gasteiger partial charge in [-0.3, -0.25) is 9.59 Å². The maximum Gasteiger partial charge on any atom is 0.223 e. The van der Waals surface area contributed by atoms with Crippen molar-refractivity contribution in [1.82, 2.24) is 9.80 Å². The van der Waals surface area contributed by atoms with Gasteiger partial charge in [-0.2, -0.15) is 0 Å². The number of ether oxygens (including phenoxy) is 1. The van der Waals surface area contributed by atoms with Crippen molar-refractivity contribution in [2.75, 3.05) is 39.4 Å². The molecule has 1 spiro atoms. The Hall–Kier alpha value is -1.88. The lowest BCUT2D eigenvalue weighted by Gasteiger charge is -2.40. The maximum atomic E-state index is 12.8. The van der Waals surface area contributed by atoms with E-state index in [0.29, 0.717) is 45.1 Å². The first-order valence-electron chi connectivity index (χ1n) is 10.4. The normalized spacial score (nSPS) is 24.1. The Morgan fingerprint density at radius 3 is 2.41 bits per heavy atom. The molecule has 5 heteroatoms. The van der Waals surface area contributed by atoms with Gasteiger partial charge in [-0.15, -0.1) is 0 Å². The van der Waals surface area contributed by atoms with Gasteiger partial charge in [0.25, 0.3) is 0 Å². The van der Waals surface area contributed by atoms with Crippen molar-refractivity contribution in [2.45, 2.75) is 50.4 Å². The molecule has 0 saturated carbocycles. The number of likely N-dealkylation sites (tertiary alicyclic amines) is 1. The summed E-state index contributed by atoms with van der Waals surface area (Å²) in [4.78, 5) is 28.9. The highest BCUT2D eigenvalue weighted by Gasteiger charge is 2.46. The zero-order chi connectivity index (χ0) is 18.9. The van der Waals surface area contributed by atoms with E-state index in [1.54, 1.807) is 0 Å². The van der Waals surface area contributed by atoms with Gasteiger partial charge in [-0.1, -0.05) is 31.2 Å². The predicted octanol–water partition coefficient (Wildman–Crippen LogP) is 2.69. The van der Waals surface area contributed by atoms with E-state index in [9.17, 15) is 9.59 Å². The summed E-state index contributed by atoms with van der Waals surface area (Å²) >= 11 is 0. The highest BCUT2D eigenvalue weighted by molar-refractivity contribution is 5.78. The van der Waals surface area contributed by atoms with Gasteiger partial charge in [0, 0.05) is 39.0 Å². The molecule has 2 fully saturated rings. The average Bonchev–Trinajstić information content (AvgIpc) is 3.02. The van der Waals surface area contributed by atoms with Crippen molar-refractivity contribution >= 4 is 11.8 Å². The van der Waals surface area contributed by atoms with Crippen LogP contribution < -0.4 is 0 Å². The fourth-order valence-electron chi connectivity index (χ4n) is 5.24. The summed E-state index contributed by atoms with van der Waals surface area (Å²) in [7, 11) is 0. The largest absolute Gasteiger partial charge is 0.378 e. The average molecular weight is 370 g/mol. The molecule has 0 unspecified atom stereocenters. The molecule has 0 aromatic heterocycles. The minimum atomic E-state index is 0.136. The highest BCUT2D eigenvalue weighted by Crippen LogP contribution is 2.52. The van der Waals surface area contributed by atoms with Gasteiger partial charge in [-0.25, -0.2) is 0 Å². The molecule has 3 aliphatic rings. The quantitative estimate of drug-likeness (QED) is 0.822. The molecule has 1 aliphatic carbocycles. The number of hydrogen-bond acceptors (Lipinski definition) is 3. The van der Waals surface area contributed by atoms with Gasteiger partial charge < -0.3 is 14.5 Å². The van der Waals surface area contributed by atoms with Crippen LogP contribution in [0.1, 0.15) is 56.1 Å². The number of nitrogens with zero attached hydrogens (tertiary/aromatic N) is 2. The van der Waals surface area contributed by atoms with Gasteiger partial charge in [-0.05, 0) is 41.7 Å². The standard InChI is InChI=1S/C22H30N2O3/c1-2-20(25)23-9-7-22(8-10-23)16-17(18-5-3-4-6-19(18)22)15-21(26)24-11-13-27-14-12-24/h3-6,17H,2,7-16H2,1H3/t17-/m0/s1. The molecule has 146 valence electrons. The van der Waals surface area contributed by atoms with E-state index < -0.39 is 0 Å². The van der Waals surface area contributed by atoms with Crippen LogP contribution in [0, 0.1) is 0 Å². The highest BCUT2D eigenvalue weighted by atomic mass is 16.5. The fourth-order valence-corrected chi connectivity index (χ4v) is 5.24. The molecular formula is C22H30N2O3. The summed E-state index contributed by atoms with van der Waals surface area (Å²) in [5, 5.41) is 0. The monoisotopic (exact) mass is 370 g/mol. The van der Waals surface area contributed by atoms with Crippen LogP contribution >= 0.6 is 0 Å². The number of carbonyl (C=O) groups excluding carboxylic acids is 2. The summed E-state index contributed by atoms with van der Waals surface area (Å²) < 4.78 is 5.38. The number of hydrogen-bond donors (Lipinski definition) is 0. The van der Waals surface area contributed by atoms with E-state index >= 15 is 0 Å². The summed E-state index contributed by atoms with van der Waals surface area (Å²) in [5.41, 5.74) is 2.92. The van der Waals surface area contributed by atoms with E-state index in [2.05, 4.69) is 24.3 Å². The van der Waals surface area contributed by atoms with E-state index in [1.807, 2.05) is 16.7 Å². The van der Waals surface area contributed by atoms with Crippen LogP contribution in [0.3, 0.4) is 0 Å². The Balaban J connectivity index is 1.50. The number of fused-ring (bicyclic) bond motifs is 2. The molecule has 2 saturated heterocycles. The number of amides is 2. The molecule has 4 rings (SSSR count). The lowest BCUT2D eigenvalue weighted by atomic mass is 9.73. The van der Waals surface area contributed by atoms with E-state index in [0.717, 1.165) is 32.4 Å². The van der Waals surface area contributed by atoms with Crippen molar-refractivity contribution in [3.05, 3.63) is 35.4 Å². The second-order valence-electron chi connectivity index (χ2n) is 8.20. The van der Waals surface area contributed by atoms with Gasteiger partial charge in [0.15, 0.2) is 0 Å². The number of rotatable bonds is 3. The molecule has 0 radical (unpaired) electrons. The van der Waals surface area contributed by atoms with Crippen molar-refractivity contribution in [2.24, 2.45) is 0 Å². The van der Waals surface area contributed by atoms with Crippen LogP contribution in [-0.4, -0.2) is 61.0 Å². The summed E-state index contributed by atoms with van der Waals surface area (Å²) in [6, 6.07) is 8.69. The van der Waals surface area contributed by atoms with Gasteiger partial charge in [0.2, 0.25) is 11.8 Å². The van der Waals surface area contributed by atoms with Crippen molar-refractivity contribution < 1.29 is 14.3 Å². The molecule has 2 amide bonds. The molecule has 1 atom stereocenters. The minimum absolute atomic E-state index is 0.136. The van der Waals surface area contributed by atoms with Crippen LogP contribution in [-0.2, 0) is 19.7 Å². The Labute approximate surface area is 161 Å². The van der Waals surface area contributed by atoms with Crippen molar-refractivity contribution in [3.8, 4) is 0 Å². The molecule has 1 aromatic carbocycles. The summed E-state index contributed by atoms with van der Waals surface area (Å²) in [6.45, 7) is 6.34. The Morgan fingerprint density at radius 2 is 1.70 bits per heavy atom. The molecule has 0 N–H and O–H groups in total. The molecule has 0 bridgehead atoms. The number of carbonyl (C=O) groups is 2. The van der Waals surface area contributed by atoms with Crippen LogP contribution in [0.5, 0.6) is 0 Å². The molecule has 27 heavy (non-hydrogen) atoms. The third-order valence-corrected chi connectivity index (χ3v) is 6.77. The van der Waals surface area contributed by atoms with Crippen LogP contribution in [0.2, 0.25) is 0 Å². The van der Waals surface area contributed by atoms with Crippen molar-refractivity contribution in [3.63, 3.8) is 0 Å². The second-order valence-corrected chi connectivity index (χ2v) is 8.20. The second kappa shape index (κ2) is 7.63. The van der Waals surface area contributed by atoms with Gasteiger partial charge in [0.05, 0.1) is 13.2 Å². The zero-order valence-electron chi connectivity index (χ0n) is 16.3. The molecule has 2 heterocycles. The molecule has 1 aromatic rings. The van der Waals surface area contributed by atoms with Gasteiger partial charge in [0.1, 0.15) is 0 Å². The SMILES string of the molecule is CCC(=O)N1CCC2(CC1)C[C@H](CC(=O)N1CCOCC1)c1ccccc12.